The van der Waals surface area contributed by atoms with E-state index in [1.165, 1.54) is 35.4 Å². The topological polar surface area (TPSA) is 81.2 Å². The minimum Gasteiger partial charge on any atom is -0.761 e. The number of nitrogens with zero attached hydrogens (tertiary/aromatic N) is 3. The lowest BCUT2D eigenvalue weighted by atomic mass is 10.2. The number of carbonyl (C=O) groups is 1. The predicted octanol–water partition coefficient (Wildman–Crippen LogP) is 3.29. The van der Waals surface area contributed by atoms with E-state index in [1.807, 2.05) is 18.2 Å². The van der Waals surface area contributed by atoms with Crippen LogP contribution in [0.2, 0.25) is 0 Å². The van der Waals surface area contributed by atoms with Gasteiger partial charge >= 0.3 is 0 Å². The molecular formula is C14H11N4O2S-. The van der Waals surface area contributed by atoms with Crippen LogP contribution in [0.4, 0.5) is 17.2 Å². The zero-order chi connectivity index (χ0) is 14.8. The highest BCUT2D eigenvalue weighted by atomic mass is 32.1. The van der Waals surface area contributed by atoms with Crippen LogP contribution in [0.5, 0.6) is 0 Å². The summed E-state index contributed by atoms with van der Waals surface area (Å²) in [5.41, 5.74) is 5.48. The van der Waals surface area contributed by atoms with Gasteiger partial charge in [-0.2, -0.15) is 0 Å². The molecule has 0 spiro atoms. The van der Waals surface area contributed by atoms with Crippen molar-refractivity contribution in [2.24, 2.45) is 0 Å². The molecule has 0 saturated heterocycles. The average Bonchev–Trinajstić information content (AvgIpc) is 2.95. The van der Waals surface area contributed by atoms with E-state index in [2.05, 4.69) is 9.97 Å². The molecule has 2 heterocycles. The first-order valence-corrected chi connectivity index (χ1v) is 7.05. The van der Waals surface area contributed by atoms with Crippen molar-refractivity contribution >= 4 is 44.7 Å². The number of aromatic nitrogens is 2. The monoisotopic (exact) mass is 299 g/mol. The number of rotatable bonds is 3. The largest absolute Gasteiger partial charge is 0.761 e. The van der Waals surface area contributed by atoms with Crippen molar-refractivity contribution in [3.05, 3.63) is 47.2 Å². The van der Waals surface area contributed by atoms with Crippen LogP contribution in [0.15, 0.2) is 42.0 Å². The summed E-state index contributed by atoms with van der Waals surface area (Å²) >= 11 is 1.50. The van der Waals surface area contributed by atoms with E-state index >= 15 is 0 Å². The summed E-state index contributed by atoms with van der Waals surface area (Å²) in [5, 5.41) is 10.8. The molecule has 0 bridgehead atoms. The second kappa shape index (κ2) is 5.47. The molecule has 3 aromatic rings. The maximum Gasteiger partial charge on any atom is 0.229 e. The highest BCUT2D eigenvalue weighted by Crippen LogP contribution is 2.29. The number of carbonyl (C=O) groups excluding carboxylic acids is 1. The molecule has 0 aliphatic heterocycles. The van der Waals surface area contributed by atoms with Gasteiger partial charge in [-0.25, -0.2) is 9.97 Å². The summed E-state index contributed by atoms with van der Waals surface area (Å²) in [5.74, 6) is 0.210. The van der Waals surface area contributed by atoms with Gasteiger partial charge in [0.15, 0.2) is 0 Å². The first-order valence-electron chi connectivity index (χ1n) is 6.17. The summed E-state index contributed by atoms with van der Waals surface area (Å²) < 4.78 is 0.983. The smallest absolute Gasteiger partial charge is 0.229 e. The highest BCUT2D eigenvalue weighted by Gasteiger charge is 2.16. The summed E-state index contributed by atoms with van der Waals surface area (Å²) in [4.78, 5) is 21.8. The average molecular weight is 299 g/mol. The number of anilines is 3. The lowest BCUT2D eigenvalue weighted by molar-refractivity contribution is -0.115. The Hall–Kier alpha value is -2.51. The molecule has 3 rings (SSSR count). The molecule has 0 aliphatic carbocycles. The van der Waals surface area contributed by atoms with E-state index < -0.39 is 0 Å². The van der Waals surface area contributed by atoms with E-state index in [0.29, 0.717) is 17.2 Å². The molecule has 106 valence electrons. The zero-order valence-electron chi connectivity index (χ0n) is 11.1. The van der Waals surface area contributed by atoms with Crippen molar-refractivity contribution in [3.8, 4) is 0 Å². The van der Waals surface area contributed by atoms with Gasteiger partial charge in [0.1, 0.15) is 5.82 Å². The van der Waals surface area contributed by atoms with Crippen LogP contribution in [0.3, 0.4) is 0 Å². The fourth-order valence-electron chi connectivity index (χ4n) is 2.06. The molecular weight excluding hydrogens is 288 g/mol. The maximum absolute atomic E-state index is 12.0. The summed E-state index contributed by atoms with van der Waals surface area (Å²) in [6.07, 6.45) is 1.48. The van der Waals surface area contributed by atoms with E-state index in [0.717, 1.165) is 10.2 Å². The first-order chi connectivity index (χ1) is 10.2. The molecule has 0 aliphatic rings. The normalized spacial score (nSPS) is 10.6. The molecule has 0 fully saturated rings. The van der Waals surface area contributed by atoms with Crippen LogP contribution in [0, 0.1) is 5.21 Å². The Kier molecular flexibility index (Phi) is 3.51. The number of fused-ring (bicyclic) bond motifs is 1. The molecule has 6 nitrogen and oxygen atoms in total. The molecule has 1 N–H and O–H groups in total. The van der Waals surface area contributed by atoms with Gasteiger partial charge in [-0.15, -0.1) is 11.3 Å². The van der Waals surface area contributed by atoms with Crippen molar-refractivity contribution < 1.29 is 4.79 Å². The number of pyridine rings is 1. The van der Waals surface area contributed by atoms with Gasteiger partial charge in [-0.3, -0.25) is 9.69 Å². The van der Waals surface area contributed by atoms with Crippen molar-refractivity contribution in [1.29, 1.82) is 0 Å². The first kappa shape index (κ1) is 13.5. The molecule has 7 heteroatoms. The van der Waals surface area contributed by atoms with E-state index in [4.69, 9.17) is 0 Å². The minimum atomic E-state index is -0.186. The third-order valence-electron chi connectivity index (χ3n) is 2.98. The van der Waals surface area contributed by atoms with Gasteiger partial charge in [0.25, 0.3) is 0 Å². The van der Waals surface area contributed by atoms with Crippen molar-refractivity contribution in [2.75, 3.05) is 10.4 Å². The Labute approximate surface area is 124 Å². The van der Waals surface area contributed by atoms with E-state index in [-0.39, 0.29) is 5.91 Å². The molecule has 21 heavy (non-hydrogen) atoms. The number of thiazole rings is 1. The quantitative estimate of drug-likeness (QED) is 0.750. The van der Waals surface area contributed by atoms with Gasteiger partial charge in [0, 0.05) is 24.9 Å². The second-order valence-corrected chi connectivity index (χ2v) is 5.25. The number of benzene rings is 1. The number of hydrogen-bond acceptors (Lipinski definition) is 6. The van der Waals surface area contributed by atoms with E-state index in [9.17, 15) is 10.0 Å². The van der Waals surface area contributed by atoms with Gasteiger partial charge in [-0.1, -0.05) is 0 Å². The Balaban J connectivity index is 2.10. The van der Waals surface area contributed by atoms with Crippen molar-refractivity contribution in [2.45, 2.75) is 6.92 Å². The summed E-state index contributed by atoms with van der Waals surface area (Å²) in [7, 11) is 0. The molecule has 0 unspecified atom stereocenters. The van der Waals surface area contributed by atoms with Crippen molar-refractivity contribution in [3.63, 3.8) is 0 Å². The third kappa shape index (κ3) is 2.56. The Bertz CT molecular complexity index is 802. The molecule has 0 saturated carbocycles. The fourth-order valence-corrected chi connectivity index (χ4v) is 2.77. The number of hydrogen-bond donors (Lipinski definition) is 1. The summed E-state index contributed by atoms with van der Waals surface area (Å²) in [6, 6.07) is 8.62. The number of amides is 1. The standard InChI is InChI=1S/C14H11N4O2S/c1-9(19)18(14-6-10(17-20)4-5-15-14)11-2-3-12-13(7-11)21-8-16-12/h2-8H,1H3,(H-,15,17,20)/q-1. The molecule has 2 aromatic heterocycles. The van der Waals surface area contributed by atoms with Crippen LogP contribution in [-0.4, -0.2) is 15.9 Å². The Morgan fingerprint density at radius 1 is 1.29 bits per heavy atom. The number of nitrogens with one attached hydrogen (secondary N) is 1. The molecule has 0 atom stereocenters. The van der Waals surface area contributed by atoms with Gasteiger partial charge in [0.05, 0.1) is 21.4 Å². The Morgan fingerprint density at radius 2 is 2.14 bits per heavy atom. The molecule has 1 amide bonds. The van der Waals surface area contributed by atoms with Gasteiger partial charge in [-0.05, 0) is 24.3 Å². The predicted molar refractivity (Wildman–Crippen MR) is 83.7 cm³/mol. The summed E-state index contributed by atoms with van der Waals surface area (Å²) in [6.45, 7) is 1.45. The second-order valence-electron chi connectivity index (χ2n) is 4.36. The zero-order valence-corrected chi connectivity index (χ0v) is 11.9. The highest BCUT2D eigenvalue weighted by molar-refractivity contribution is 7.16. The lowest BCUT2D eigenvalue weighted by Gasteiger charge is -2.21. The van der Waals surface area contributed by atoms with Crippen LogP contribution >= 0.6 is 11.3 Å². The lowest BCUT2D eigenvalue weighted by Crippen LogP contribution is -2.23. The third-order valence-corrected chi connectivity index (χ3v) is 3.77. The van der Waals surface area contributed by atoms with Crippen LogP contribution in [0.25, 0.3) is 10.2 Å². The molecule has 1 aromatic carbocycles. The van der Waals surface area contributed by atoms with Crippen LogP contribution in [0.1, 0.15) is 6.92 Å². The van der Waals surface area contributed by atoms with Crippen LogP contribution in [-0.2, 0) is 4.79 Å². The van der Waals surface area contributed by atoms with Crippen LogP contribution < -0.4 is 10.4 Å². The maximum atomic E-state index is 12.0. The Morgan fingerprint density at radius 3 is 2.90 bits per heavy atom. The van der Waals surface area contributed by atoms with E-state index in [1.54, 1.807) is 17.1 Å². The van der Waals surface area contributed by atoms with Gasteiger partial charge in [0.2, 0.25) is 5.91 Å². The minimum absolute atomic E-state index is 0.186. The van der Waals surface area contributed by atoms with Gasteiger partial charge < -0.3 is 10.7 Å². The molecule has 0 radical (unpaired) electrons. The SMILES string of the molecule is CC(=O)N(c1ccc2ncsc2c1)c1cc(N[O-])ccn1. The fraction of sp³-hybridized carbons (Fsp3) is 0.0714. The van der Waals surface area contributed by atoms with Crippen molar-refractivity contribution in [1.82, 2.24) is 9.97 Å².